The van der Waals surface area contributed by atoms with Gasteiger partial charge in [0.1, 0.15) is 5.15 Å². The van der Waals surface area contributed by atoms with Gasteiger partial charge in [-0.25, -0.2) is 9.97 Å². The van der Waals surface area contributed by atoms with Crippen LogP contribution < -0.4 is 0 Å². The Balaban J connectivity index is 2.52. The predicted octanol–water partition coefficient (Wildman–Crippen LogP) is 5.05. The lowest BCUT2D eigenvalue weighted by Crippen LogP contribution is -2.01. The Morgan fingerprint density at radius 1 is 1.35 bits per heavy atom. The maximum Gasteiger partial charge on any atom is 0.171 e. The highest BCUT2D eigenvalue weighted by atomic mass is 79.9. The Morgan fingerprint density at radius 3 is 2.53 bits per heavy atom. The van der Waals surface area contributed by atoms with Gasteiger partial charge in [0.15, 0.2) is 5.82 Å². The van der Waals surface area contributed by atoms with Crippen LogP contribution in [0.4, 0.5) is 0 Å². The van der Waals surface area contributed by atoms with Crippen molar-refractivity contribution < 1.29 is 0 Å². The SMILES string of the molecule is Cc1nc(-c2cc(Br)cs2)nc(Cl)c1C(C)C. The van der Waals surface area contributed by atoms with Crippen molar-refractivity contribution in [3.63, 3.8) is 0 Å². The summed E-state index contributed by atoms with van der Waals surface area (Å²) in [5.74, 6) is 1.04. The van der Waals surface area contributed by atoms with E-state index in [4.69, 9.17) is 11.6 Å². The van der Waals surface area contributed by atoms with Crippen LogP contribution in [-0.2, 0) is 0 Å². The number of halogens is 2. The van der Waals surface area contributed by atoms with Gasteiger partial charge in [-0.05, 0) is 34.8 Å². The summed E-state index contributed by atoms with van der Waals surface area (Å²) in [4.78, 5) is 9.94. The monoisotopic (exact) mass is 330 g/mol. The van der Waals surface area contributed by atoms with Crippen LogP contribution >= 0.6 is 38.9 Å². The molecule has 2 heterocycles. The van der Waals surface area contributed by atoms with Crippen molar-refractivity contribution in [3.8, 4) is 10.7 Å². The van der Waals surface area contributed by atoms with Crippen LogP contribution in [-0.4, -0.2) is 9.97 Å². The third kappa shape index (κ3) is 2.69. The highest BCUT2D eigenvalue weighted by Gasteiger charge is 2.14. The zero-order valence-corrected chi connectivity index (χ0v) is 12.9. The number of thiophene rings is 1. The molecule has 2 nitrogen and oxygen atoms in total. The van der Waals surface area contributed by atoms with Gasteiger partial charge in [0.25, 0.3) is 0 Å². The van der Waals surface area contributed by atoms with Crippen LogP contribution in [0.3, 0.4) is 0 Å². The molecule has 0 aliphatic carbocycles. The zero-order valence-electron chi connectivity index (χ0n) is 9.79. The fourth-order valence-electron chi connectivity index (χ4n) is 1.74. The fraction of sp³-hybridized carbons (Fsp3) is 0.333. The van der Waals surface area contributed by atoms with Crippen molar-refractivity contribution in [1.29, 1.82) is 0 Å². The lowest BCUT2D eigenvalue weighted by molar-refractivity contribution is 0.831. The number of hydrogen-bond acceptors (Lipinski definition) is 3. The van der Waals surface area contributed by atoms with Gasteiger partial charge in [0.2, 0.25) is 0 Å². The van der Waals surface area contributed by atoms with Crippen molar-refractivity contribution in [3.05, 3.63) is 32.3 Å². The molecule has 0 radical (unpaired) electrons. The average molecular weight is 332 g/mol. The van der Waals surface area contributed by atoms with E-state index in [9.17, 15) is 0 Å². The van der Waals surface area contributed by atoms with Gasteiger partial charge in [-0.2, -0.15) is 0 Å². The third-order valence-corrected chi connectivity index (χ3v) is 4.43. The van der Waals surface area contributed by atoms with E-state index in [1.54, 1.807) is 11.3 Å². The normalized spacial score (nSPS) is 11.2. The predicted molar refractivity (Wildman–Crippen MR) is 76.9 cm³/mol. The summed E-state index contributed by atoms with van der Waals surface area (Å²) in [6.07, 6.45) is 0. The van der Waals surface area contributed by atoms with Crippen molar-refractivity contribution in [2.45, 2.75) is 26.7 Å². The van der Waals surface area contributed by atoms with Gasteiger partial charge in [-0.1, -0.05) is 25.4 Å². The van der Waals surface area contributed by atoms with Gasteiger partial charge in [0.05, 0.1) is 4.88 Å². The van der Waals surface area contributed by atoms with Crippen LogP contribution in [0.25, 0.3) is 10.7 Å². The van der Waals surface area contributed by atoms with E-state index in [1.807, 2.05) is 18.4 Å². The van der Waals surface area contributed by atoms with Crippen LogP contribution in [0.5, 0.6) is 0 Å². The fourth-order valence-corrected chi connectivity index (χ4v) is 3.54. The summed E-state index contributed by atoms with van der Waals surface area (Å²) in [5, 5.41) is 2.57. The van der Waals surface area contributed by atoms with Crippen molar-refractivity contribution in [2.24, 2.45) is 0 Å². The molecule has 0 unspecified atom stereocenters. The Hall–Kier alpha value is -0.450. The average Bonchev–Trinajstić information content (AvgIpc) is 2.63. The van der Waals surface area contributed by atoms with Crippen LogP contribution in [0, 0.1) is 6.92 Å². The first-order valence-corrected chi connectivity index (χ1v) is 7.32. The topological polar surface area (TPSA) is 25.8 Å². The molecule has 0 atom stereocenters. The molecule has 2 aromatic heterocycles. The Labute approximate surface area is 118 Å². The maximum absolute atomic E-state index is 6.23. The molecule has 2 rings (SSSR count). The standard InChI is InChI=1S/C12H12BrClN2S/c1-6(2)10-7(3)15-12(16-11(10)14)9-4-8(13)5-17-9/h4-6H,1-3H3. The van der Waals surface area contributed by atoms with Crippen LogP contribution in [0.15, 0.2) is 15.9 Å². The molecule has 0 amide bonds. The van der Waals surface area contributed by atoms with Gasteiger partial charge >= 0.3 is 0 Å². The minimum absolute atomic E-state index is 0.339. The first kappa shape index (κ1) is 13.0. The summed E-state index contributed by atoms with van der Waals surface area (Å²) in [6, 6.07) is 2.00. The summed E-state index contributed by atoms with van der Waals surface area (Å²) in [7, 11) is 0. The number of hydrogen-bond donors (Lipinski definition) is 0. The number of aromatic nitrogens is 2. The molecule has 0 spiro atoms. The molecule has 0 fully saturated rings. The second-order valence-electron chi connectivity index (χ2n) is 4.12. The summed E-state index contributed by atoms with van der Waals surface area (Å²) >= 11 is 11.3. The molecule has 0 aliphatic heterocycles. The quantitative estimate of drug-likeness (QED) is 0.719. The molecule has 0 bridgehead atoms. The number of rotatable bonds is 2. The molecule has 90 valence electrons. The van der Waals surface area contributed by atoms with E-state index in [1.165, 1.54) is 0 Å². The Bertz CT molecular complexity index is 528. The lowest BCUT2D eigenvalue weighted by atomic mass is 10.0. The molecule has 0 saturated heterocycles. The second-order valence-corrected chi connectivity index (χ2v) is 6.31. The molecule has 2 aromatic rings. The maximum atomic E-state index is 6.23. The first-order valence-electron chi connectivity index (χ1n) is 5.27. The van der Waals surface area contributed by atoms with Gasteiger partial charge in [-0.15, -0.1) is 11.3 Å². The molecule has 17 heavy (non-hydrogen) atoms. The molecule has 5 heteroatoms. The Kier molecular flexibility index (Phi) is 3.85. The minimum Gasteiger partial charge on any atom is -0.232 e. The van der Waals surface area contributed by atoms with E-state index in [-0.39, 0.29) is 0 Å². The van der Waals surface area contributed by atoms with Crippen molar-refractivity contribution >= 4 is 38.9 Å². The second kappa shape index (κ2) is 5.04. The first-order chi connectivity index (χ1) is 7.99. The summed E-state index contributed by atoms with van der Waals surface area (Å²) in [6.45, 7) is 6.17. The highest BCUT2D eigenvalue weighted by Crippen LogP contribution is 2.31. The van der Waals surface area contributed by atoms with E-state index in [2.05, 4.69) is 39.7 Å². The van der Waals surface area contributed by atoms with E-state index in [0.717, 1.165) is 20.6 Å². The molecule has 0 aliphatic rings. The Morgan fingerprint density at radius 2 is 2.06 bits per heavy atom. The van der Waals surface area contributed by atoms with Crippen molar-refractivity contribution in [2.75, 3.05) is 0 Å². The highest BCUT2D eigenvalue weighted by molar-refractivity contribution is 9.10. The molecule has 0 aromatic carbocycles. The van der Waals surface area contributed by atoms with E-state index >= 15 is 0 Å². The minimum atomic E-state index is 0.339. The van der Waals surface area contributed by atoms with Gasteiger partial charge in [-0.3, -0.25) is 0 Å². The summed E-state index contributed by atoms with van der Waals surface area (Å²) in [5.41, 5.74) is 1.99. The molecule has 0 saturated carbocycles. The van der Waals surface area contributed by atoms with Crippen LogP contribution in [0.2, 0.25) is 5.15 Å². The third-order valence-electron chi connectivity index (χ3n) is 2.45. The largest absolute Gasteiger partial charge is 0.232 e. The molecular weight excluding hydrogens is 320 g/mol. The van der Waals surface area contributed by atoms with Gasteiger partial charge < -0.3 is 0 Å². The van der Waals surface area contributed by atoms with E-state index in [0.29, 0.717) is 16.9 Å². The number of nitrogens with zero attached hydrogens (tertiary/aromatic N) is 2. The molecule has 0 N–H and O–H groups in total. The van der Waals surface area contributed by atoms with Crippen molar-refractivity contribution in [1.82, 2.24) is 9.97 Å². The molecular formula is C12H12BrClN2S. The lowest BCUT2D eigenvalue weighted by Gasteiger charge is -2.11. The number of aryl methyl sites for hydroxylation is 1. The zero-order chi connectivity index (χ0) is 12.6. The van der Waals surface area contributed by atoms with Crippen LogP contribution in [0.1, 0.15) is 31.0 Å². The van der Waals surface area contributed by atoms with E-state index < -0.39 is 0 Å². The van der Waals surface area contributed by atoms with Gasteiger partial charge in [0, 0.05) is 21.1 Å². The summed E-state index contributed by atoms with van der Waals surface area (Å²) < 4.78 is 1.04. The smallest absolute Gasteiger partial charge is 0.171 e.